The summed E-state index contributed by atoms with van der Waals surface area (Å²) in [7, 11) is 0. The summed E-state index contributed by atoms with van der Waals surface area (Å²) in [6.07, 6.45) is -0.104. The van der Waals surface area contributed by atoms with E-state index in [1.807, 2.05) is 0 Å². The molecular weight excluding hydrogens is 691 g/mol. The van der Waals surface area contributed by atoms with Gasteiger partial charge in [0.1, 0.15) is 16.9 Å². The molecule has 0 saturated carbocycles. The second-order valence-electron chi connectivity index (χ2n) is 11.0. The Morgan fingerprint density at radius 1 is 0.760 bits per heavy atom. The van der Waals surface area contributed by atoms with Gasteiger partial charge in [-0.3, -0.25) is 4.79 Å². The van der Waals surface area contributed by atoms with Gasteiger partial charge in [0.15, 0.2) is 5.78 Å². The number of anilines is 2. The molecule has 3 aromatic carbocycles. The standard InChI is InChI=1S/C31H18Cl2N12O5/c32-15-5-9-17(10-6-15)34-29(49)38-27-41-40-22-23(47)37-25(44(22)27)31(13-14-3-1-2-4-19(14)21(31)46)20-24(48)45-26(36-20)42-43-28(45)39-30(50)35-18-11-7-16(33)8-12-18/h1-12,47-48H,13H2,(H,34,49)(H,35,50)/b38-27+,39-28-. The molecule has 50 heavy (non-hydrogen) atoms. The maximum atomic E-state index is 14.5. The van der Waals surface area contributed by atoms with Gasteiger partial charge in [-0.05, 0) is 60.5 Å². The summed E-state index contributed by atoms with van der Waals surface area (Å²) in [5.74, 6) is -3.09. The lowest BCUT2D eigenvalue weighted by Gasteiger charge is -2.25. The van der Waals surface area contributed by atoms with E-state index in [4.69, 9.17) is 23.2 Å². The summed E-state index contributed by atoms with van der Waals surface area (Å²) in [6, 6.07) is 17.6. The molecule has 246 valence electrons. The Morgan fingerprint density at radius 2 is 1.34 bits per heavy atom. The number of rotatable bonds is 4. The van der Waals surface area contributed by atoms with Crippen molar-refractivity contribution < 1.29 is 24.6 Å². The molecule has 2 aromatic heterocycles. The maximum absolute atomic E-state index is 14.5. The highest BCUT2D eigenvalue weighted by atomic mass is 35.5. The van der Waals surface area contributed by atoms with Gasteiger partial charge in [0.2, 0.25) is 11.7 Å². The van der Waals surface area contributed by atoms with Crippen molar-refractivity contribution >= 4 is 76.1 Å². The van der Waals surface area contributed by atoms with Gasteiger partial charge in [-0.25, -0.2) is 23.7 Å². The number of nitrogens with one attached hydrogen (secondary N) is 2. The Morgan fingerprint density at radius 3 is 1.96 bits per heavy atom. The molecule has 0 spiro atoms. The van der Waals surface area contributed by atoms with E-state index < -0.39 is 35.0 Å². The highest BCUT2D eigenvalue weighted by Gasteiger charge is 2.57. The van der Waals surface area contributed by atoms with Crippen LogP contribution in [-0.4, -0.2) is 59.1 Å². The lowest BCUT2D eigenvalue weighted by molar-refractivity contribution is 0.0918. The summed E-state index contributed by atoms with van der Waals surface area (Å²) in [5, 5.41) is 44.4. The van der Waals surface area contributed by atoms with E-state index in [1.165, 1.54) is 0 Å². The van der Waals surface area contributed by atoms with Crippen LogP contribution in [0.1, 0.15) is 27.4 Å². The first kappa shape index (κ1) is 30.7. The van der Waals surface area contributed by atoms with Gasteiger partial charge in [0.05, 0.1) is 0 Å². The summed E-state index contributed by atoms with van der Waals surface area (Å²) in [5.41, 5.74) is -0.549. The van der Waals surface area contributed by atoms with Crippen molar-refractivity contribution in [2.45, 2.75) is 11.8 Å². The van der Waals surface area contributed by atoms with Crippen molar-refractivity contribution in [3.05, 3.63) is 105 Å². The van der Waals surface area contributed by atoms with Crippen LogP contribution in [0.15, 0.2) is 103 Å². The van der Waals surface area contributed by atoms with Crippen LogP contribution in [0.3, 0.4) is 0 Å². The first-order valence-electron chi connectivity index (χ1n) is 14.5. The molecule has 1 unspecified atom stereocenters. The minimum atomic E-state index is -1.95. The Balaban J connectivity index is 1.23. The number of imidazole rings is 2. The molecule has 1 aliphatic carbocycles. The number of aliphatic imine (C=N–C) groups is 2. The molecule has 3 aliphatic rings. The van der Waals surface area contributed by atoms with E-state index in [2.05, 4.69) is 51.0 Å². The van der Waals surface area contributed by atoms with Crippen molar-refractivity contribution in [1.82, 2.24) is 19.1 Å². The molecule has 0 fully saturated rings. The largest absolute Gasteiger partial charge is 0.493 e. The zero-order chi connectivity index (χ0) is 34.7. The number of azo groups is 2. The van der Waals surface area contributed by atoms with Crippen LogP contribution in [0.2, 0.25) is 10.0 Å². The third-order valence-corrected chi connectivity index (χ3v) is 8.52. The predicted octanol–water partition coefficient (Wildman–Crippen LogP) is 6.59. The van der Waals surface area contributed by atoms with Crippen molar-refractivity contribution in [2.24, 2.45) is 30.4 Å². The molecule has 4 amide bonds. The van der Waals surface area contributed by atoms with Gasteiger partial charge >= 0.3 is 12.1 Å². The van der Waals surface area contributed by atoms with E-state index in [9.17, 15) is 24.6 Å². The summed E-state index contributed by atoms with van der Waals surface area (Å²) < 4.78 is 2.13. The van der Waals surface area contributed by atoms with Crippen LogP contribution in [0.5, 0.6) is 11.8 Å². The van der Waals surface area contributed by atoms with E-state index in [1.54, 1.807) is 72.8 Å². The summed E-state index contributed by atoms with van der Waals surface area (Å²) in [6.45, 7) is 0. The molecular formula is C31H18Cl2N12O5. The van der Waals surface area contributed by atoms with Gasteiger partial charge in [-0.2, -0.15) is 15.0 Å². The molecule has 4 heterocycles. The number of carbonyl (C=O) groups excluding carboxylic acids is 3. The topological polar surface area (TPSA) is 226 Å². The molecule has 4 N–H and O–H groups in total. The molecule has 2 aliphatic heterocycles. The normalized spacial score (nSPS) is 18.5. The predicted molar refractivity (Wildman–Crippen MR) is 179 cm³/mol. The number of ketones is 1. The molecule has 5 aromatic rings. The second-order valence-corrected chi connectivity index (χ2v) is 11.9. The molecule has 0 radical (unpaired) electrons. The SMILES string of the molecule is O=C(/N=C1\N=Nc2c(O)nc(C3(c4nc5n(c4O)/C(=N\C(=O)Nc4ccc(Cl)cc4)N=N5)Cc4ccccc4C3=O)n21)Nc1ccc(Cl)cc1. The average molecular weight is 709 g/mol. The fraction of sp³-hybridized carbons (Fsp3) is 0.0645. The van der Waals surface area contributed by atoms with Gasteiger partial charge in [-0.15, -0.1) is 20.5 Å². The van der Waals surface area contributed by atoms with Crippen LogP contribution in [-0.2, 0) is 11.8 Å². The fourth-order valence-electron chi connectivity index (χ4n) is 5.84. The maximum Gasteiger partial charge on any atom is 0.348 e. The van der Waals surface area contributed by atoms with E-state index in [0.29, 0.717) is 32.5 Å². The van der Waals surface area contributed by atoms with Gasteiger partial charge < -0.3 is 20.8 Å². The van der Waals surface area contributed by atoms with Crippen molar-refractivity contribution in [3.8, 4) is 11.8 Å². The number of carbonyl (C=O) groups is 3. The van der Waals surface area contributed by atoms with Crippen LogP contribution in [0, 0.1) is 0 Å². The van der Waals surface area contributed by atoms with Gasteiger partial charge in [-0.1, -0.05) is 47.5 Å². The molecule has 0 saturated heterocycles. The van der Waals surface area contributed by atoms with E-state index >= 15 is 0 Å². The minimum absolute atomic E-state index is 0.104. The van der Waals surface area contributed by atoms with Crippen molar-refractivity contribution in [1.29, 1.82) is 0 Å². The monoisotopic (exact) mass is 708 g/mol. The number of hydrogen-bond donors (Lipinski definition) is 4. The van der Waals surface area contributed by atoms with Crippen LogP contribution in [0.25, 0.3) is 0 Å². The van der Waals surface area contributed by atoms with E-state index in [0.717, 1.165) is 9.13 Å². The summed E-state index contributed by atoms with van der Waals surface area (Å²) in [4.78, 5) is 57.0. The molecule has 19 heteroatoms. The molecule has 0 bridgehead atoms. The molecule has 17 nitrogen and oxygen atoms in total. The number of Topliss-reactive ketones (excluding diaryl/α,β-unsaturated/α-hetero) is 1. The lowest BCUT2D eigenvalue weighted by Crippen LogP contribution is -2.39. The number of halogens is 2. The summed E-state index contributed by atoms with van der Waals surface area (Å²) >= 11 is 11.9. The number of amides is 4. The van der Waals surface area contributed by atoms with Crippen molar-refractivity contribution in [3.63, 3.8) is 0 Å². The second kappa shape index (κ2) is 11.5. The number of benzene rings is 3. The fourth-order valence-corrected chi connectivity index (χ4v) is 6.09. The van der Waals surface area contributed by atoms with Crippen LogP contribution < -0.4 is 10.6 Å². The van der Waals surface area contributed by atoms with Gasteiger partial charge in [0, 0.05) is 27.0 Å². The number of aromatic nitrogens is 4. The zero-order valence-corrected chi connectivity index (χ0v) is 26.5. The third kappa shape index (κ3) is 4.91. The Kier molecular flexibility index (Phi) is 7.09. The van der Waals surface area contributed by atoms with Gasteiger partial charge in [0.25, 0.3) is 23.7 Å². The third-order valence-electron chi connectivity index (χ3n) is 8.02. The number of hydrogen-bond acceptors (Lipinski definition) is 9. The smallest absolute Gasteiger partial charge is 0.348 e. The minimum Gasteiger partial charge on any atom is -0.493 e. The number of aromatic hydroxyl groups is 2. The van der Waals surface area contributed by atoms with Crippen molar-refractivity contribution in [2.75, 3.05) is 10.6 Å². The first-order valence-corrected chi connectivity index (χ1v) is 15.3. The average Bonchev–Trinajstić information content (AvgIpc) is 3.90. The molecule has 8 rings (SSSR count). The van der Waals surface area contributed by atoms with Crippen LogP contribution in [0.4, 0.5) is 32.7 Å². The number of urea groups is 2. The lowest BCUT2D eigenvalue weighted by atomic mass is 9.79. The number of fused-ring (bicyclic) bond motifs is 3. The first-order chi connectivity index (χ1) is 24.1. The molecule has 1 atom stereocenters. The Bertz CT molecular complexity index is 2410. The Labute approximate surface area is 289 Å². The van der Waals surface area contributed by atoms with E-state index in [-0.39, 0.29) is 41.6 Å². The van der Waals surface area contributed by atoms with Crippen LogP contribution >= 0.6 is 23.2 Å². The zero-order valence-electron chi connectivity index (χ0n) is 25.0. The quantitative estimate of drug-likeness (QED) is 0.160. The highest BCUT2D eigenvalue weighted by molar-refractivity contribution is 6.31. The highest BCUT2D eigenvalue weighted by Crippen LogP contribution is 2.50. The number of nitrogens with zero attached hydrogens (tertiary/aromatic N) is 10. The Hall–Kier alpha value is -6.59.